The van der Waals surface area contributed by atoms with Crippen molar-refractivity contribution in [2.45, 2.75) is 31.8 Å². The summed E-state index contributed by atoms with van der Waals surface area (Å²) < 4.78 is 10.6. The van der Waals surface area contributed by atoms with Crippen molar-refractivity contribution in [3.05, 3.63) is 11.2 Å². The third-order valence-corrected chi connectivity index (χ3v) is 3.21. The van der Waals surface area contributed by atoms with Gasteiger partial charge in [0.25, 0.3) is 0 Å². The Hall–Kier alpha value is -1.07. The normalized spacial score (nSPS) is 19.6. The average Bonchev–Trinajstić information content (AvgIpc) is 2.42. The van der Waals surface area contributed by atoms with Gasteiger partial charge in [-0.25, -0.2) is 4.98 Å². The fourth-order valence-electron chi connectivity index (χ4n) is 1.96. The van der Waals surface area contributed by atoms with E-state index >= 15 is 0 Å². The minimum Gasteiger partial charge on any atom is -0.467 e. The SMILES string of the molecule is COc1ncc(Cl)c(NCCC2CCCCO2)n1. The summed E-state index contributed by atoms with van der Waals surface area (Å²) in [6.07, 6.45) is 6.43. The van der Waals surface area contributed by atoms with Gasteiger partial charge in [-0.05, 0) is 25.7 Å². The van der Waals surface area contributed by atoms with E-state index in [9.17, 15) is 0 Å². The monoisotopic (exact) mass is 271 g/mol. The Morgan fingerprint density at radius 1 is 1.56 bits per heavy atom. The third-order valence-electron chi connectivity index (χ3n) is 2.94. The summed E-state index contributed by atoms with van der Waals surface area (Å²) in [7, 11) is 1.53. The molecule has 2 heterocycles. The standard InChI is InChI=1S/C12H18ClN3O2/c1-17-12-15-8-10(13)11(16-12)14-6-5-9-4-2-3-7-18-9/h8-9H,2-7H2,1H3,(H,14,15,16). The molecule has 0 aromatic carbocycles. The summed E-state index contributed by atoms with van der Waals surface area (Å²) in [4.78, 5) is 8.08. The minimum absolute atomic E-state index is 0.316. The van der Waals surface area contributed by atoms with E-state index in [0.717, 1.165) is 26.0 Å². The first-order valence-corrected chi connectivity index (χ1v) is 6.59. The Kier molecular flexibility index (Phi) is 5.01. The molecule has 0 radical (unpaired) electrons. The van der Waals surface area contributed by atoms with E-state index in [1.54, 1.807) is 0 Å². The lowest BCUT2D eigenvalue weighted by Crippen LogP contribution is -2.22. The molecule has 1 unspecified atom stereocenters. The average molecular weight is 272 g/mol. The molecule has 1 aliphatic rings. The Morgan fingerprint density at radius 3 is 3.17 bits per heavy atom. The van der Waals surface area contributed by atoms with Gasteiger partial charge in [-0.3, -0.25) is 0 Å². The minimum atomic E-state index is 0.316. The summed E-state index contributed by atoms with van der Waals surface area (Å²) in [5.41, 5.74) is 0. The van der Waals surface area contributed by atoms with Crippen molar-refractivity contribution >= 4 is 17.4 Å². The lowest BCUT2D eigenvalue weighted by atomic mass is 10.1. The van der Waals surface area contributed by atoms with E-state index in [4.69, 9.17) is 21.1 Å². The molecule has 1 saturated heterocycles. The molecule has 18 heavy (non-hydrogen) atoms. The second kappa shape index (κ2) is 6.75. The predicted octanol–water partition coefficient (Wildman–Crippen LogP) is 2.51. The maximum atomic E-state index is 6.00. The van der Waals surface area contributed by atoms with Crippen molar-refractivity contribution in [1.29, 1.82) is 0 Å². The number of methoxy groups -OCH3 is 1. The highest BCUT2D eigenvalue weighted by Crippen LogP contribution is 2.21. The van der Waals surface area contributed by atoms with Gasteiger partial charge in [0.05, 0.1) is 19.4 Å². The van der Waals surface area contributed by atoms with Crippen LogP contribution in [-0.2, 0) is 4.74 Å². The molecule has 0 spiro atoms. The molecule has 1 aliphatic heterocycles. The smallest absolute Gasteiger partial charge is 0.318 e. The molecule has 0 aliphatic carbocycles. The molecule has 0 saturated carbocycles. The van der Waals surface area contributed by atoms with Crippen LogP contribution in [0.3, 0.4) is 0 Å². The zero-order chi connectivity index (χ0) is 12.8. The van der Waals surface area contributed by atoms with Gasteiger partial charge in [-0.15, -0.1) is 0 Å². The molecule has 6 heteroatoms. The summed E-state index contributed by atoms with van der Waals surface area (Å²) in [5, 5.41) is 3.69. The van der Waals surface area contributed by atoms with E-state index in [0.29, 0.717) is 23.0 Å². The second-order valence-electron chi connectivity index (χ2n) is 4.26. The highest BCUT2D eigenvalue weighted by Gasteiger charge is 2.13. The van der Waals surface area contributed by atoms with Gasteiger partial charge in [0.1, 0.15) is 5.02 Å². The first kappa shape index (κ1) is 13.4. The summed E-state index contributed by atoms with van der Waals surface area (Å²) in [5.74, 6) is 0.610. The van der Waals surface area contributed by atoms with Crippen molar-refractivity contribution in [2.24, 2.45) is 0 Å². The van der Waals surface area contributed by atoms with Crippen LogP contribution in [0.5, 0.6) is 6.01 Å². The highest BCUT2D eigenvalue weighted by atomic mass is 35.5. The van der Waals surface area contributed by atoms with Gasteiger partial charge in [0.2, 0.25) is 0 Å². The van der Waals surface area contributed by atoms with Crippen LogP contribution in [0.25, 0.3) is 0 Å². The van der Waals surface area contributed by atoms with Crippen LogP contribution in [-0.4, -0.2) is 36.3 Å². The Balaban J connectivity index is 1.81. The maximum absolute atomic E-state index is 6.00. The second-order valence-corrected chi connectivity index (χ2v) is 4.66. The van der Waals surface area contributed by atoms with Crippen molar-refractivity contribution < 1.29 is 9.47 Å². The number of nitrogens with one attached hydrogen (secondary N) is 1. The lowest BCUT2D eigenvalue weighted by Gasteiger charge is -2.22. The van der Waals surface area contributed by atoms with Crippen molar-refractivity contribution in [3.8, 4) is 6.01 Å². The molecule has 5 nitrogen and oxygen atoms in total. The largest absolute Gasteiger partial charge is 0.467 e. The molecule has 1 aromatic heterocycles. The Labute approximate surface area is 112 Å². The van der Waals surface area contributed by atoms with Crippen LogP contribution in [0, 0.1) is 0 Å². The number of hydrogen-bond acceptors (Lipinski definition) is 5. The van der Waals surface area contributed by atoms with Crippen LogP contribution in [0.2, 0.25) is 5.02 Å². The number of hydrogen-bond donors (Lipinski definition) is 1. The van der Waals surface area contributed by atoms with E-state index < -0.39 is 0 Å². The number of ether oxygens (including phenoxy) is 2. The van der Waals surface area contributed by atoms with Crippen LogP contribution >= 0.6 is 11.6 Å². The Bertz CT molecular complexity index is 384. The fraction of sp³-hybridized carbons (Fsp3) is 0.667. The van der Waals surface area contributed by atoms with Gasteiger partial charge < -0.3 is 14.8 Å². The molecule has 0 bridgehead atoms. The Morgan fingerprint density at radius 2 is 2.44 bits per heavy atom. The molecule has 1 atom stereocenters. The molecule has 2 rings (SSSR count). The first-order valence-electron chi connectivity index (χ1n) is 6.21. The maximum Gasteiger partial charge on any atom is 0.318 e. The van der Waals surface area contributed by atoms with Gasteiger partial charge >= 0.3 is 6.01 Å². The number of rotatable bonds is 5. The van der Waals surface area contributed by atoms with Gasteiger partial charge in [-0.2, -0.15) is 4.98 Å². The van der Waals surface area contributed by atoms with E-state index in [2.05, 4.69) is 15.3 Å². The quantitative estimate of drug-likeness (QED) is 0.892. The van der Waals surface area contributed by atoms with Crippen LogP contribution in [0.15, 0.2) is 6.20 Å². The number of nitrogens with zero attached hydrogens (tertiary/aromatic N) is 2. The zero-order valence-electron chi connectivity index (χ0n) is 10.5. The topological polar surface area (TPSA) is 56.3 Å². The zero-order valence-corrected chi connectivity index (χ0v) is 11.2. The number of anilines is 1. The third kappa shape index (κ3) is 3.71. The van der Waals surface area contributed by atoms with Gasteiger partial charge in [-0.1, -0.05) is 11.6 Å². The van der Waals surface area contributed by atoms with Crippen molar-refractivity contribution in [1.82, 2.24) is 9.97 Å². The summed E-state index contributed by atoms with van der Waals surface area (Å²) >= 11 is 6.00. The number of aromatic nitrogens is 2. The molecule has 1 aromatic rings. The van der Waals surface area contributed by atoms with Crippen LogP contribution in [0.1, 0.15) is 25.7 Å². The molecular formula is C12H18ClN3O2. The van der Waals surface area contributed by atoms with Crippen LogP contribution < -0.4 is 10.1 Å². The summed E-state index contributed by atoms with van der Waals surface area (Å²) in [6.45, 7) is 1.66. The van der Waals surface area contributed by atoms with Crippen LogP contribution in [0.4, 0.5) is 5.82 Å². The lowest BCUT2D eigenvalue weighted by molar-refractivity contribution is 0.0134. The molecule has 100 valence electrons. The van der Waals surface area contributed by atoms with Crippen molar-refractivity contribution in [3.63, 3.8) is 0 Å². The first-order chi connectivity index (χ1) is 8.79. The molecular weight excluding hydrogens is 254 g/mol. The van der Waals surface area contributed by atoms with E-state index in [1.165, 1.54) is 26.1 Å². The number of halogens is 1. The predicted molar refractivity (Wildman–Crippen MR) is 70.3 cm³/mol. The van der Waals surface area contributed by atoms with Crippen molar-refractivity contribution in [2.75, 3.05) is 25.6 Å². The molecule has 0 amide bonds. The van der Waals surface area contributed by atoms with Gasteiger partial charge in [0, 0.05) is 13.2 Å². The van der Waals surface area contributed by atoms with E-state index in [-0.39, 0.29) is 0 Å². The molecule has 1 N–H and O–H groups in total. The molecule has 1 fully saturated rings. The summed E-state index contributed by atoms with van der Waals surface area (Å²) in [6, 6.07) is 0.316. The fourth-order valence-corrected chi connectivity index (χ4v) is 2.12. The van der Waals surface area contributed by atoms with E-state index in [1.807, 2.05) is 0 Å². The highest BCUT2D eigenvalue weighted by molar-refractivity contribution is 6.32. The van der Waals surface area contributed by atoms with Gasteiger partial charge in [0.15, 0.2) is 5.82 Å².